The molecule has 2 nitrogen and oxygen atoms in total. The molecule has 0 aliphatic carbocycles. The Morgan fingerprint density at radius 1 is 0.386 bits per heavy atom. The van der Waals surface area contributed by atoms with Crippen LogP contribution in [-0.2, 0) is 0 Å². The van der Waals surface area contributed by atoms with Crippen LogP contribution in [-0.4, -0.2) is 9.97 Å². The van der Waals surface area contributed by atoms with E-state index in [1.165, 1.54) is 33.4 Å². The lowest BCUT2D eigenvalue weighted by Gasteiger charge is -2.08. The van der Waals surface area contributed by atoms with E-state index in [-0.39, 0.29) is 24.8 Å². The molecule has 2 heterocycles. The molecule has 0 fully saturated rings. The predicted octanol–water partition coefficient (Wildman–Crippen LogP) is 11.3. The van der Waals surface area contributed by atoms with Crippen molar-refractivity contribution in [1.29, 1.82) is 0 Å². The highest BCUT2D eigenvalue weighted by Gasteiger charge is 2.07. The number of halogens is 2. The molecule has 0 aliphatic heterocycles. The van der Waals surface area contributed by atoms with Gasteiger partial charge in [0.1, 0.15) is 0 Å². The summed E-state index contributed by atoms with van der Waals surface area (Å²) in [5.74, 6) is 0. The summed E-state index contributed by atoms with van der Waals surface area (Å²) in [6.45, 7) is 4.25. The first-order valence-electron chi connectivity index (χ1n) is 14.2. The second-order valence-electron chi connectivity index (χ2n) is 10.0. The minimum Gasteiger partial charge on any atom is -0.256 e. The Labute approximate surface area is 273 Å². The van der Waals surface area contributed by atoms with Crippen LogP contribution in [0.4, 0.5) is 0 Å². The van der Waals surface area contributed by atoms with Gasteiger partial charge in [0.25, 0.3) is 0 Å². The molecular formula is C40H36Cl2N2. The van der Waals surface area contributed by atoms with Crippen molar-refractivity contribution in [2.75, 3.05) is 0 Å². The van der Waals surface area contributed by atoms with Crippen molar-refractivity contribution in [3.63, 3.8) is 0 Å². The van der Waals surface area contributed by atoms with Crippen molar-refractivity contribution in [3.05, 3.63) is 179 Å². The molecule has 2 aromatic heterocycles. The molecule has 0 bridgehead atoms. The Balaban J connectivity index is 0.000000230. The van der Waals surface area contributed by atoms with Crippen LogP contribution in [0.1, 0.15) is 33.4 Å². The maximum absolute atomic E-state index is 4.57. The molecule has 0 N–H and O–H groups in total. The van der Waals surface area contributed by atoms with Crippen LogP contribution in [0, 0.1) is 13.8 Å². The highest BCUT2D eigenvalue weighted by atomic mass is 35.5. The molecule has 0 saturated heterocycles. The zero-order valence-corrected chi connectivity index (χ0v) is 26.5. The molecule has 0 aliphatic rings. The maximum Gasteiger partial charge on any atom is 0.0776 e. The van der Waals surface area contributed by atoms with E-state index in [4.69, 9.17) is 0 Å². The van der Waals surface area contributed by atoms with Crippen molar-refractivity contribution in [3.8, 4) is 22.5 Å². The fourth-order valence-corrected chi connectivity index (χ4v) is 4.70. The van der Waals surface area contributed by atoms with E-state index in [0.717, 1.165) is 22.5 Å². The van der Waals surface area contributed by atoms with Gasteiger partial charge >= 0.3 is 0 Å². The summed E-state index contributed by atoms with van der Waals surface area (Å²) < 4.78 is 0. The van der Waals surface area contributed by atoms with Crippen molar-refractivity contribution in [1.82, 2.24) is 9.97 Å². The first-order valence-corrected chi connectivity index (χ1v) is 14.2. The van der Waals surface area contributed by atoms with Crippen molar-refractivity contribution < 1.29 is 0 Å². The number of benzene rings is 4. The number of aryl methyl sites for hydroxylation is 2. The molecule has 6 rings (SSSR count). The molecule has 0 radical (unpaired) electrons. The summed E-state index contributed by atoms with van der Waals surface area (Å²) in [6.07, 6.45) is 12.3. The smallest absolute Gasteiger partial charge is 0.0776 e. The zero-order valence-electron chi connectivity index (χ0n) is 24.9. The molecule has 0 spiro atoms. The van der Waals surface area contributed by atoms with E-state index in [1.807, 2.05) is 85.2 Å². The topological polar surface area (TPSA) is 25.8 Å². The van der Waals surface area contributed by atoms with Crippen LogP contribution in [0.2, 0.25) is 0 Å². The zero-order chi connectivity index (χ0) is 29.0. The SMILES string of the molecule is Cc1ccnc(-c2ccccc2)c1C=Cc1ccccc1.Cc1ccnc(-c2ccccc2)c1C=Cc1ccccc1.Cl.Cl. The number of hydrogen-bond donors (Lipinski definition) is 0. The average Bonchev–Trinajstić information content (AvgIpc) is 3.05. The Kier molecular flexibility index (Phi) is 13.3. The lowest BCUT2D eigenvalue weighted by atomic mass is 10.0. The molecule has 0 unspecified atom stereocenters. The Hall–Kier alpha value is -4.76. The summed E-state index contributed by atoms with van der Waals surface area (Å²) in [5.41, 5.74) is 11.6. The van der Waals surface area contributed by atoms with Gasteiger partial charge in [-0.05, 0) is 48.2 Å². The van der Waals surface area contributed by atoms with E-state index in [2.05, 4.69) is 109 Å². The molecule has 0 saturated carbocycles. The van der Waals surface area contributed by atoms with Gasteiger partial charge in [-0.15, -0.1) is 24.8 Å². The highest BCUT2D eigenvalue weighted by Crippen LogP contribution is 2.26. The lowest BCUT2D eigenvalue weighted by molar-refractivity contribution is 1.27. The highest BCUT2D eigenvalue weighted by molar-refractivity contribution is 5.86. The second-order valence-corrected chi connectivity index (χ2v) is 10.0. The van der Waals surface area contributed by atoms with Crippen LogP contribution in [0.5, 0.6) is 0 Å². The Morgan fingerprint density at radius 3 is 1.05 bits per heavy atom. The number of nitrogens with zero attached hydrogens (tertiary/aromatic N) is 2. The molecule has 6 aromatic rings. The van der Waals surface area contributed by atoms with Crippen LogP contribution >= 0.6 is 24.8 Å². The van der Waals surface area contributed by atoms with E-state index in [1.54, 1.807) is 0 Å². The lowest BCUT2D eigenvalue weighted by Crippen LogP contribution is -1.91. The van der Waals surface area contributed by atoms with E-state index in [0.29, 0.717) is 0 Å². The summed E-state index contributed by atoms with van der Waals surface area (Å²) in [4.78, 5) is 9.14. The van der Waals surface area contributed by atoms with Gasteiger partial charge in [0.2, 0.25) is 0 Å². The molecule has 0 amide bonds. The molecule has 4 heteroatoms. The third-order valence-corrected chi connectivity index (χ3v) is 6.99. The number of aromatic nitrogens is 2. The van der Waals surface area contributed by atoms with Crippen molar-refractivity contribution in [2.45, 2.75) is 13.8 Å². The molecule has 4 aromatic carbocycles. The number of hydrogen-bond acceptors (Lipinski definition) is 2. The monoisotopic (exact) mass is 614 g/mol. The van der Waals surface area contributed by atoms with Gasteiger partial charge < -0.3 is 0 Å². The first kappa shape index (κ1) is 33.7. The maximum atomic E-state index is 4.57. The summed E-state index contributed by atoms with van der Waals surface area (Å²) in [5, 5.41) is 0. The van der Waals surface area contributed by atoms with Gasteiger partial charge in [0.15, 0.2) is 0 Å². The van der Waals surface area contributed by atoms with E-state index >= 15 is 0 Å². The minimum atomic E-state index is 0. The van der Waals surface area contributed by atoms with Crippen LogP contribution in [0.15, 0.2) is 146 Å². The quantitative estimate of drug-likeness (QED) is 0.186. The van der Waals surface area contributed by atoms with Crippen LogP contribution in [0.3, 0.4) is 0 Å². The van der Waals surface area contributed by atoms with Gasteiger partial charge in [-0.3, -0.25) is 9.97 Å². The number of pyridine rings is 2. The summed E-state index contributed by atoms with van der Waals surface area (Å²) in [6, 6.07) is 45.4. The third kappa shape index (κ3) is 9.12. The normalized spacial score (nSPS) is 10.4. The molecular weight excluding hydrogens is 579 g/mol. The summed E-state index contributed by atoms with van der Waals surface area (Å²) >= 11 is 0. The molecule has 44 heavy (non-hydrogen) atoms. The van der Waals surface area contributed by atoms with Gasteiger partial charge in [-0.25, -0.2) is 0 Å². The van der Waals surface area contributed by atoms with Crippen LogP contribution < -0.4 is 0 Å². The Bertz CT molecular complexity index is 1630. The van der Waals surface area contributed by atoms with Gasteiger partial charge in [0, 0.05) is 34.6 Å². The average molecular weight is 616 g/mol. The van der Waals surface area contributed by atoms with Gasteiger partial charge in [0.05, 0.1) is 11.4 Å². The van der Waals surface area contributed by atoms with E-state index in [9.17, 15) is 0 Å². The fraction of sp³-hybridized carbons (Fsp3) is 0.0500. The standard InChI is InChI=1S/2C20H17N.2ClH/c2*1-16-14-15-21-20(18-10-6-3-7-11-18)19(16)13-12-17-8-4-2-5-9-17;;/h2*2-15H,1H3;2*1H. The van der Waals surface area contributed by atoms with Gasteiger partial charge in [-0.2, -0.15) is 0 Å². The Morgan fingerprint density at radius 2 is 0.705 bits per heavy atom. The second kappa shape index (κ2) is 17.4. The van der Waals surface area contributed by atoms with Crippen molar-refractivity contribution in [2.24, 2.45) is 0 Å². The van der Waals surface area contributed by atoms with E-state index < -0.39 is 0 Å². The third-order valence-electron chi connectivity index (χ3n) is 6.99. The largest absolute Gasteiger partial charge is 0.256 e. The predicted molar refractivity (Wildman–Crippen MR) is 194 cm³/mol. The van der Waals surface area contributed by atoms with Crippen molar-refractivity contribution >= 4 is 49.1 Å². The van der Waals surface area contributed by atoms with Gasteiger partial charge in [-0.1, -0.05) is 146 Å². The summed E-state index contributed by atoms with van der Waals surface area (Å²) in [7, 11) is 0. The fourth-order valence-electron chi connectivity index (χ4n) is 4.70. The number of rotatable bonds is 6. The molecule has 0 atom stereocenters. The molecule has 220 valence electrons. The first-order chi connectivity index (χ1) is 20.7. The van der Waals surface area contributed by atoms with Crippen LogP contribution in [0.25, 0.3) is 46.8 Å². The minimum absolute atomic E-state index is 0.